The van der Waals surface area contributed by atoms with Gasteiger partial charge in [-0.25, -0.2) is 0 Å². The maximum atomic E-state index is 10.5. The van der Waals surface area contributed by atoms with Crippen LogP contribution in [0, 0.1) is 13.8 Å². The molecule has 0 spiro atoms. The predicted octanol–water partition coefficient (Wildman–Crippen LogP) is 0.664. The zero-order valence-electron chi connectivity index (χ0n) is 6.85. The van der Waals surface area contributed by atoms with Crippen molar-refractivity contribution in [2.45, 2.75) is 13.8 Å². The Morgan fingerprint density at radius 1 is 1.25 bits per heavy atom. The van der Waals surface area contributed by atoms with Gasteiger partial charge in [0, 0.05) is 5.56 Å². The van der Waals surface area contributed by atoms with Gasteiger partial charge in [0.25, 0.3) is 0 Å². The summed E-state index contributed by atoms with van der Waals surface area (Å²) in [6.45, 7) is 3.52. The standard InChI is InChI=1S/C9H10O2.Ag/c1-6-4-3-5-7(2)8(6)9(10)11;/h3-5H,1-2H3,(H,10,11);/q;+1/p-1. The van der Waals surface area contributed by atoms with Gasteiger partial charge in [-0.15, -0.1) is 0 Å². The predicted molar refractivity (Wildman–Crippen MR) is 40.2 cm³/mol. The Morgan fingerprint density at radius 2 is 1.67 bits per heavy atom. The number of carbonyl (C=O) groups excluding carboxylic acids is 1. The molecule has 12 heavy (non-hydrogen) atoms. The summed E-state index contributed by atoms with van der Waals surface area (Å²) in [5.41, 5.74) is 1.82. The summed E-state index contributed by atoms with van der Waals surface area (Å²) in [6, 6.07) is 5.35. The Kier molecular flexibility index (Phi) is 4.24. The van der Waals surface area contributed by atoms with E-state index in [0.29, 0.717) is 5.56 Å². The van der Waals surface area contributed by atoms with Gasteiger partial charge in [-0.1, -0.05) is 18.2 Å². The first-order chi connectivity index (χ1) is 5.13. The number of carboxylic acid groups (broad SMARTS) is 1. The van der Waals surface area contributed by atoms with Crippen LogP contribution >= 0.6 is 0 Å². The van der Waals surface area contributed by atoms with Gasteiger partial charge < -0.3 is 9.90 Å². The fraction of sp³-hybridized carbons (Fsp3) is 0.222. The van der Waals surface area contributed by atoms with E-state index in [1.165, 1.54) is 0 Å². The molecule has 0 aliphatic heterocycles. The van der Waals surface area contributed by atoms with Crippen LogP contribution in [0.5, 0.6) is 0 Å². The Hall–Kier alpha value is -0.570. The molecule has 0 atom stereocenters. The summed E-state index contributed by atoms with van der Waals surface area (Å²) in [4.78, 5) is 10.5. The van der Waals surface area contributed by atoms with Crippen LogP contribution in [0.3, 0.4) is 0 Å². The van der Waals surface area contributed by atoms with Gasteiger partial charge in [-0.2, -0.15) is 0 Å². The third kappa shape index (κ3) is 2.21. The molecule has 0 saturated carbocycles. The maximum absolute atomic E-state index is 10.5. The molecule has 1 aromatic rings. The van der Waals surface area contributed by atoms with E-state index in [9.17, 15) is 9.90 Å². The largest absolute Gasteiger partial charge is 1.00 e. The molecule has 1 rings (SSSR count). The summed E-state index contributed by atoms with van der Waals surface area (Å²) in [6.07, 6.45) is 0. The maximum Gasteiger partial charge on any atom is 1.00 e. The second-order valence-corrected chi connectivity index (χ2v) is 2.55. The molecule has 0 bridgehead atoms. The molecule has 2 nitrogen and oxygen atoms in total. The number of carbonyl (C=O) groups is 1. The van der Waals surface area contributed by atoms with Crippen LogP contribution in [-0.2, 0) is 22.4 Å². The molecule has 0 aromatic heterocycles. The third-order valence-electron chi connectivity index (χ3n) is 1.69. The zero-order valence-corrected chi connectivity index (χ0v) is 8.33. The van der Waals surface area contributed by atoms with Crippen molar-refractivity contribution in [2.24, 2.45) is 0 Å². The fourth-order valence-corrected chi connectivity index (χ4v) is 1.14. The smallest absolute Gasteiger partial charge is 0.545 e. The van der Waals surface area contributed by atoms with E-state index >= 15 is 0 Å². The number of aromatic carboxylic acids is 1. The molecular formula is C9H9AgO2. The summed E-state index contributed by atoms with van der Waals surface area (Å²) in [5, 5.41) is 10.5. The van der Waals surface area contributed by atoms with Crippen molar-refractivity contribution in [3.8, 4) is 0 Å². The minimum Gasteiger partial charge on any atom is -0.545 e. The van der Waals surface area contributed by atoms with Gasteiger partial charge in [-0.3, -0.25) is 0 Å². The molecule has 68 valence electrons. The first-order valence-electron chi connectivity index (χ1n) is 3.40. The van der Waals surface area contributed by atoms with Crippen LogP contribution in [0.4, 0.5) is 0 Å². The average Bonchev–Trinajstić information content (AvgIpc) is 1.85. The van der Waals surface area contributed by atoms with Crippen LogP contribution in [-0.4, -0.2) is 5.97 Å². The van der Waals surface area contributed by atoms with Crippen molar-refractivity contribution in [2.75, 3.05) is 0 Å². The molecule has 0 saturated heterocycles. The van der Waals surface area contributed by atoms with Gasteiger partial charge in [-0.05, 0) is 25.0 Å². The summed E-state index contributed by atoms with van der Waals surface area (Å²) in [7, 11) is 0. The van der Waals surface area contributed by atoms with Crippen molar-refractivity contribution in [1.82, 2.24) is 0 Å². The van der Waals surface area contributed by atoms with Gasteiger partial charge in [0.2, 0.25) is 0 Å². The van der Waals surface area contributed by atoms with Crippen molar-refractivity contribution >= 4 is 5.97 Å². The van der Waals surface area contributed by atoms with Crippen LogP contribution in [0.25, 0.3) is 0 Å². The molecule has 0 radical (unpaired) electrons. The van der Waals surface area contributed by atoms with Gasteiger partial charge in [0.1, 0.15) is 0 Å². The molecule has 0 unspecified atom stereocenters. The zero-order chi connectivity index (χ0) is 8.43. The Morgan fingerprint density at radius 3 is 1.92 bits per heavy atom. The van der Waals surface area contributed by atoms with E-state index in [4.69, 9.17) is 0 Å². The Labute approximate surface area is 87.1 Å². The Balaban J connectivity index is 0.00000121. The summed E-state index contributed by atoms with van der Waals surface area (Å²) >= 11 is 0. The SMILES string of the molecule is Cc1cccc(C)c1C(=O)[O-].[Ag+]. The molecule has 1 aromatic carbocycles. The van der Waals surface area contributed by atoms with Gasteiger partial charge in [0.05, 0.1) is 5.97 Å². The first-order valence-corrected chi connectivity index (χ1v) is 3.40. The van der Waals surface area contributed by atoms with Crippen molar-refractivity contribution in [3.05, 3.63) is 34.9 Å². The van der Waals surface area contributed by atoms with Crippen LogP contribution in [0.1, 0.15) is 21.5 Å². The Bertz CT molecular complexity index is 274. The molecule has 0 aliphatic rings. The summed E-state index contributed by atoms with van der Waals surface area (Å²) in [5.74, 6) is -1.10. The molecule has 0 heterocycles. The van der Waals surface area contributed by atoms with Crippen molar-refractivity contribution in [1.29, 1.82) is 0 Å². The number of hydrogen-bond donors (Lipinski definition) is 0. The number of benzene rings is 1. The minimum absolute atomic E-state index is 0. The molecule has 0 amide bonds. The summed E-state index contributed by atoms with van der Waals surface area (Å²) < 4.78 is 0. The fourth-order valence-electron chi connectivity index (χ4n) is 1.14. The normalized spacial score (nSPS) is 8.83. The molecular weight excluding hydrogens is 248 g/mol. The second kappa shape index (κ2) is 4.45. The number of aryl methyl sites for hydroxylation is 2. The van der Waals surface area contributed by atoms with E-state index in [1.807, 2.05) is 6.07 Å². The van der Waals surface area contributed by atoms with Gasteiger partial charge in [0.15, 0.2) is 0 Å². The van der Waals surface area contributed by atoms with E-state index in [1.54, 1.807) is 26.0 Å². The molecule has 3 heteroatoms. The topological polar surface area (TPSA) is 40.1 Å². The van der Waals surface area contributed by atoms with E-state index in [-0.39, 0.29) is 22.4 Å². The number of hydrogen-bond acceptors (Lipinski definition) is 2. The monoisotopic (exact) mass is 256 g/mol. The van der Waals surface area contributed by atoms with E-state index in [0.717, 1.165) is 11.1 Å². The van der Waals surface area contributed by atoms with Gasteiger partial charge >= 0.3 is 22.4 Å². The number of carboxylic acids is 1. The molecule has 0 fully saturated rings. The average molecular weight is 257 g/mol. The molecule has 0 N–H and O–H groups in total. The first kappa shape index (κ1) is 11.4. The van der Waals surface area contributed by atoms with Crippen molar-refractivity contribution in [3.63, 3.8) is 0 Å². The van der Waals surface area contributed by atoms with Crippen LogP contribution in [0.15, 0.2) is 18.2 Å². The van der Waals surface area contributed by atoms with E-state index in [2.05, 4.69) is 0 Å². The molecule has 0 aliphatic carbocycles. The minimum atomic E-state index is -1.10. The van der Waals surface area contributed by atoms with Crippen LogP contribution in [0.2, 0.25) is 0 Å². The second-order valence-electron chi connectivity index (χ2n) is 2.55. The number of rotatable bonds is 1. The van der Waals surface area contributed by atoms with Crippen molar-refractivity contribution < 1.29 is 32.3 Å². The quantitative estimate of drug-likeness (QED) is 0.693. The third-order valence-corrected chi connectivity index (χ3v) is 1.69. The van der Waals surface area contributed by atoms with Crippen LogP contribution < -0.4 is 5.11 Å². The van der Waals surface area contributed by atoms with E-state index < -0.39 is 5.97 Å².